The molecule has 0 aromatic heterocycles. The zero-order valence-corrected chi connectivity index (χ0v) is 18.2. The van der Waals surface area contributed by atoms with Gasteiger partial charge in [-0.3, -0.25) is 9.59 Å². The summed E-state index contributed by atoms with van der Waals surface area (Å²) in [7, 11) is 3.08. The molecule has 1 atom stereocenters. The van der Waals surface area contributed by atoms with Crippen LogP contribution >= 0.6 is 0 Å². The van der Waals surface area contributed by atoms with Crippen molar-refractivity contribution in [1.29, 1.82) is 0 Å². The largest absolute Gasteiger partial charge is 0.493 e. The van der Waals surface area contributed by atoms with Gasteiger partial charge < -0.3 is 29.6 Å². The molecule has 0 saturated heterocycles. The van der Waals surface area contributed by atoms with Crippen molar-refractivity contribution in [2.24, 2.45) is 0 Å². The highest BCUT2D eigenvalue weighted by Crippen LogP contribution is 2.26. The predicted molar refractivity (Wildman–Crippen MR) is 117 cm³/mol. The molecule has 8 nitrogen and oxygen atoms in total. The van der Waals surface area contributed by atoms with Crippen molar-refractivity contribution in [3.8, 4) is 23.0 Å². The number of carbonyl (C=O) groups excluding carboxylic acids is 2. The van der Waals surface area contributed by atoms with Gasteiger partial charge in [-0.1, -0.05) is 37.6 Å². The first-order valence-electron chi connectivity index (χ1n) is 10.1. The van der Waals surface area contributed by atoms with Gasteiger partial charge in [0.2, 0.25) is 0 Å². The first-order chi connectivity index (χ1) is 15.1. The Hall–Kier alpha value is -3.42. The van der Waals surface area contributed by atoms with Gasteiger partial charge in [-0.05, 0) is 30.7 Å². The van der Waals surface area contributed by atoms with Crippen LogP contribution in [0.1, 0.15) is 19.8 Å². The maximum atomic E-state index is 12.3. The van der Waals surface area contributed by atoms with Gasteiger partial charge in [0.15, 0.2) is 36.2 Å². The lowest BCUT2D eigenvalue weighted by atomic mass is 10.1. The zero-order chi connectivity index (χ0) is 22.5. The van der Waals surface area contributed by atoms with E-state index in [1.165, 1.54) is 7.11 Å². The van der Waals surface area contributed by atoms with E-state index in [1.54, 1.807) is 43.5 Å². The van der Waals surface area contributed by atoms with E-state index in [1.807, 2.05) is 19.1 Å². The Balaban J connectivity index is 1.78. The third-order valence-electron chi connectivity index (χ3n) is 4.40. The van der Waals surface area contributed by atoms with Crippen molar-refractivity contribution in [2.75, 3.05) is 34.0 Å². The smallest absolute Gasteiger partial charge is 0.258 e. The molecule has 2 amide bonds. The number of rotatable bonds is 13. The van der Waals surface area contributed by atoms with Crippen LogP contribution in [0.25, 0.3) is 0 Å². The predicted octanol–water partition coefficient (Wildman–Crippen LogP) is 2.56. The van der Waals surface area contributed by atoms with Crippen LogP contribution in [0.3, 0.4) is 0 Å². The molecule has 2 N–H and O–H groups in total. The molecule has 31 heavy (non-hydrogen) atoms. The van der Waals surface area contributed by atoms with Gasteiger partial charge in [0.25, 0.3) is 11.8 Å². The summed E-state index contributed by atoms with van der Waals surface area (Å²) in [6.45, 7) is 2.01. The van der Waals surface area contributed by atoms with Crippen molar-refractivity contribution in [2.45, 2.75) is 25.8 Å². The number of ether oxygens (including phenoxy) is 4. The second-order valence-corrected chi connectivity index (χ2v) is 6.74. The Kier molecular flexibility index (Phi) is 10.0. The Bertz CT molecular complexity index is 842. The fourth-order valence-corrected chi connectivity index (χ4v) is 2.89. The highest BCUT2D eigenvalue weighted by molar-refractivity contribution is 5.79. The van der Waals surface area contributed by atoms with Crippen LogP contribution in [-0.4, -0.2) is 51.8 Å². The Morgan fingerprint density at radius 1 is 0.806 bits per heavy atom. The number of methoxy groups -OCH3 is 2. The summed E-state index contributed by atoms with van der Waals surface area (Å²) in [6.07, 6.45) is 1.57. The highest BCUT2D eigenvalue weighted by atomic mass is 16.5. The molecule has 0 fully saturated rings. The minimum Gasteiger partial charge on any atom is -0.493 e. The standard InChI is InChI=1S/C23H30N2O6/c1-4-9-17(25-23(27)16-31-21-13-8-6-11-19(21)29-3)14-24-22(26)15-30-20-12-7-5-10-18(20)28-2/h5-8,10-13,17H,4,9,14-16H2,1-3H3,(H,24,26)(H,25,27). The van der Waals surface area contributed by atoms with Crippen LogP contribution in [-0.2, 0) is 9.59 Å². The van der Waals surface area contributed by atoms with Crippen molar-refractivity contribution < 1.29 is 28.5 Å². The number of hydrogen-bond donors (Lipinski definition) is 2. The fraction of sp³-hybridized carbons (Fsp3) is 0.391. The summed E-state index contributed by atoms with van der Waals surface area (Å²) in [5, 5.41) is 5.69. The van der Waals surface area contributed by atoms with Gasteiger partial charge in [0.1, 0.15) is 0 Å². The summed E-state index contributed by atoms with van der Waals surface area (Å²) >= 11 is 0. The molecule has 0 bridgehead atoms. The van der Waals surface area contributed by atoms with Gasteiger partial charge in [0.05, 0.1) is 14.2 Å². The summed E-state index contributed by atoms with van der Waals surface area (Å²) in [4.78, 5) is 24.5. The SMILES string of the molecule is CCCC(CNC(=O)COc1ccccc1OC)NC(=O)COc1ccccc1OC. The van der Waals surface area contributed by atoms with E-state index in [4.69, 9.17) is 18.9 Å². The monoisotopic (exact) mass is 430 g/mol. The number of hydrogen-bond acceptors (Lipinski definition) is 6. The van der Waals surface area contributed by atoms with Crippen LogP contribution in [0.15, 0.2) is 48.5 Å². The minimum absolute atomic E-state index is 0.147. The molecule has 0 aliphatic carbocycles. The average Bonchev–Trinajstić information content (AvgIpc) is 2.80. The zero-order valence-electron chi connectivity index (χ0n) is 18.2. The lowest BCUT2D eigenvalue weighted by molar-refractivity contribution is -0.125. The molecule has 0 heterocycles. The van der Waals surface area contributed by atoms with E-state index in [0.717, 1.165) is 6.42 Å². The molecule has 0 aliphatic heterocycles. The molecule has 0 radical (unpaired) electrons. The molecule has 2 aromatic rings. The topological polar surface area (TPSA) is 95.1 Å². The number of nitrogens with one attached hydrogen (secondary N) is 2. The normalized spacial score (nSPS) is 11.2. The molecular formula is C23H30N2O6. The Labute approximate surface area is 182 Å². The van der Waals surface area contributed by atoms with E-state index >= 15 is 0 Å². The van der Waals surface area contributed by atoms with Crippen molar-refractivity contribution >= 4 is 11.8 Å². The molecule has 2 aromatic carbocycles. The summed E-state index contributed by atoms with van der Waals surface area (Å²) in [6, 6.07) is 14.0. The van der Waals surface area contributed by atoms with Crippen molar-refractivity contribution in [1.82, 2.24) is 10.6 Å². The molecular weight excluding hydrogens is 400 g/mol. The maximum absolute atomic E-state index is 12.3. The van der Waals surface area contributed by atoms with Crippen molar-refractivity contribution in [3.05, 3.63) is 48.5 Å². The van der Waals surface area contributed by atoms with Gasteiger partial charge in [-0.15, -0.1) is 0 Å². The van der Waals surface area contributed by atoms with Gasteiger partial charge in [0, 0.05) is 12.6 Å². The van der Waals surface area contributed by atoms with Gasteiger partial charge in [-0.25, -0.2) is 0 Å². The summed E-state index contributed by atoms with van der Waals surface area (Å²) < 4.78 is 21.5. The van der Waals surface area contributed by atoms with E-state index in [2.05, 4.69) is 10.6 Å². The van der Waals surface area contributed by atoms with Gasteiger partial charge in [-0.2, -0.15) is 0 Å². The van der Waals surface area contributed by atoms with E-state index in [-0.39, 0.29) is 31.1 Å². The van der Waals surface area contributed by atoms with Crippen LogP contribution in [0.5, 0.6) is 23.0 Å². The van der Waals surface area contributed by atoms with E-state index in [0.29, 0.717) is 36.0 Å². The third-order valence-corrected chi connectivity index (χ3v) is 4.40. The first kappa shape index (κ1) is 23.9. The third kappa shape index (κ3) is 8.08. The van der Waals surface area contributed by atoms with Crippen LogP contribution in [0, 0.1) is 0 Å². The van der Waals surface area contributed by atoms with Gasteiger partial charge >= 0.3 is 0 Å². The number of carbonyl (C=O) groups is 2. The molecule has 1 unspecified atom stereocenters. The van der Waals surface area contributed by atoms with Crippen LogP contribution in [0.2, 0.25) is 0 Å². The molecule has 2 rings (SSSR count). The number of benzene rings is 2. The maximum Gasteiger partial charge on any atom is 0.258 e. The van der Waals surface area contributed by atoms with E-state index in [9.17, 15) is 9.59 Å². The summed E-state index contributed by atoms with van der Waals surface area (Å²) in [5.41, 5.74) is 0. The van der Waals surface area contributed by atoms with Crippen LogP contribution < -0.4 is 29.6 Å². The molecule has 0 spiro atoms. The van der Waals surface area contributed by atoms with Crippen molar-refractivity contribution in [3.63, 3.8) is 0 Å². The highest BCUT2D eigenvalue weighted by Gasteiger charge is 2.15. The summed E-state index contributed by atoms with van der Waals surface area (Å²) in [5.74, 6) is 1.54. The average molecular weight is 431 g/mol. The molecule has 8 heteroatoms. The number of para-hydroxylation sites is 4. The first-order valence-corrected chi connectivity index (χ1v) is 10.1. The second-order valence-electron chi connectivity index (χ2n) is 6.74. The lowest BCUT2D eigenvalue weighted by Crippen LogP contribution is -2.46. The lowest BCUT2D eigenvalue weighted by Gasteiger charge is -2.19. The Morgan fingerprint density at radius 3 is 1.77 bits per heavy atom. The molecule has 0 saturated carbocycles. The Morgan fingerprint density at radius 2 is 1.29 bits per heavy atom. The second kappa shape index (κ2) is 13.0. The molecule has 168 valence electrons. The minimum atomic E-state index is -0.286. The quantitative estimate of drug-likeness (QED) is 0.507. The molecule has 0 aliphatic rings. The van der Waals surface area contributed by atoms with Crippen LogP contribution in [0.4, 0.5) is 0 Å². The number of amides is 2. The fourth-order valence-electron chi connectivity index (χ4n) is 2.89. The van der Waals surface area contributed by atoms with E-state index < -0.39 is 0 Å².